The van der Waals surface area contributed by atoms with E-state index in [1.165, 1.54) is 23.4 Å². The molecule has 7 rings (SSSR count). The van der Waals surface area contributed by atoms with Crippen LogP contribution in [0.15, 0.2) is 83.0 Å². The van der Waals surface area contributed by atoms with E-state index in [1.54, 1.807) is 55.7 Å². The van der Waals surface area contributed by atoms with Gasteiger partial charge in [0.25, 0.3) is 17.7 Å². The van der Waals surface area contributed by atoms with Crippen molar-refractivity contribution in [2.75, 3.05) is 13.1 Å². The number of amides is 2. The Morgan fingerprint density at radius 2 is 1.20 bits per heavy atom. The number of hydrogen-bond acceptors (Lipinski definition) is 14. The number of amidine groups is 1. The molecular formula is C40H52N12O8. The first-order valence-corrected chi connectivity index (χ1v) is 19.4. The van der Waals surface area contributed by atoms with Crippen LogP contribution in [0.5, 0.6) is 0 Å². The van der Waals surface area contributed by atoms with Crippen molar-refractivity contribution in [1.29, 1.82) is 0 Å². The van der Waals surface area contributed by atoms with Gasteiger partial charge in [-0.15, -0.1) is 0 Å². The molecule has 5 aromatic rings. The minimum Gasteiger partial charge on any atom is -0.479 e. The molecule has 0 radical (unpaired) electrons. The van der Waals surface area contributed by atoms with Crippen molar-refractivity contribution in [3.8, 4) is 11.4 Å². The number of carbonyl (C=O) groups excluding carboxylic acids is 2. The van der Waals surface area contributed by atoms with Gasteiger partial charge in [0.1, 0.15) is 11.4 Å². The van der Waals surface area contributed by atoms with Crippen molar-refractivity contribution >= 4 is 23.6 Å². The number of hydrogen-bond donors (Lipinski definition) is 5. The van der Waals surface area contributed by atoms with Gasteiger partial charge in [-0.3, -0.25) is 9.59 Å². The standard InChI is InChI=1S/C20H24N6O3.C16H20N6O2.C4H8O3/c1-13-8-9-14(17-23-19(29-24-17)20(2,3)28)12-25(13)18(27)15-6-4-5-7-16(15)26-21-10-11-22-26;1-11-6-7-12(15(17)20-24)10-21(11)16(23)13-4-2-3-5-14(13)22-18-8-9-19-22;1-4(2,7)3(5)6/h4-7,10-11,13-14,28H,8-9,12H2,1-3H3;2-5,8-9,11-12,24H,6-7,10H2,1H3,(H2,17,20);7H,1-2H3,(H,5,6)/t13-,14-;11-,12-;/m11./s1. The lowest BCUT2D eigenvalue weighted by molar-refractivity contribution is -0.154. The summed E-state index contributed by atoms with van der Waals surface area (Å²) in [6.07, 6.45) is 9.56. The maximum atomic E-state index is 13.4. The Labute approximate surface area is 346 Å². The van der Waals surface area contributed by atoms with Gasteiger partial charge in [0.15, 0.2) is 11.4 Å². The number of carboxylic acids is 1. The number of aliphatic carboxylic acids is 1. The molecule has 0 spiro atoms. The van der Waals surface area contributed by atoms with Gasteiger partial charge < -0.3 is 40.6 Å². The molecule has 0 aliphatic carbocycles. The Hall–Kier alpha value is -6.54. The number of carbonyl (C=O) groups is 3. The molecule has 5 heterocycles. The van der Waals surface area contributed by atoms with Gasteiger partial charge in [0, 0.05) is 37.0 Å². The van der Waals surface area contributed by atoms with Crippen LogP contribution in [0.25, 0.3) is 11.4 Å². The number of piperidine rings is 2. The van der Waals surface area contributed by atoms with Crippen LogP contribution < -0.4 is 5.73 Å². The van der Waals surface area contributed by atoms with Gasteiger partial charge in [-0.2, -0.15) is 35.0 Å². The van der Waals surface area contributed by atoms with Gasteiger partial charge >= 0.3 is 5.97 Å². The predicted octanol–water partition coefficient (Wildman–Crippen LogP) is 3.38. The first kappa shape index (κ1) is 44.6. The number of aromatic nitrogens is 8. The first-order chi connectivity index (χ1) is 28.4. The molecule has 2 fully saturated rings. The lowest BCUT2D eigenvalue weighted by Crippen LogP contribution is -2.48. The van der Waals surface area contributed by atoms with E-state index in [2.05, 4.69) is 35.7 Å². The number of aliphatic hydroxyl groups is 2. The lowest BCUT2D eigenvalue weighted by Gasteiger charge is -2.37. The van der Waals surface area contributed by atoms with Gasteiger partial charge in [0.05, 0.1) is 47.3 Å². The summed E-state index contributed by atoms with van der Waals surface area (Å²) in [6, 6.07) is 14.7. The molecule has 60 heavy (non-hydrogen) atoms. The van der Waals surface area contributed by atoms with Crippen LogP contribution in [-0.4, -0.2) is 125 Å². The summed E-state index contributed by atoms with van der Waals surface area (Å²) in [4.78, 5) is 47.2. The van der Waals surface area contributed by atoms with Crippen molar-refractivity contribution in [2.24, 2.45) is 16.8 Å². The molecular weight excluding hydrogens is 777 g/mol. The van der Waals surface area contributed by atoms with E-state index in [1.807, 2.05) is 55.1 Å². The Balaban J connectivity index is 0.000000199. The molecule has 0 unspecified atom stereocenters. The third-order valence-electron chi connectivity index (χ3n) is 10.2. The second-order valence-electron chi connectivity index (χ2n) is 15.7. The summed E-state index contributed by atoms with van der Waals surface area (Å²) >= 11 is 0. The fourth-order valence-corrected chi connectivity index (χ4v) is 6.61. The van der Waals surface area contributed by atoms with E-state index in [4.69, 9.17) is 25.7 Å². The molecule has 4 atom stereocenters. The molecule has 2 aromatic carbocycles. The number of rotatable bonds is 8. The minimum atomic E-state index is -1.58. The van der Waals surface area contributed by atoms with E-state index >= 15 is 0 Å². The monoisotopic (exact) mass is 828 g/mol. The maximum absolute atomic E-state index is 13.4. The van der Waals surface area contributed by atoms with Gasteiger partial charge in [-0.25, -0.2) is 4.79 Å². The molecule has 0 saturated carbocycles. The highest BCUT2D eigenvalue weighted by atomic mass is 16.5. The molecule has 20 heteroatoms. The molecule has 320 valence electrons. The summed E-state index contributed by atoms with van der Waals surface area (Å²) in [5.41, 5.74) is 5.30. The van der Waals surface area contributed by atoms with Gasteiger partial charge in [-0.1, -0.05) is 34.6 Å². The molecule has 6 N–H and O–H groups in total. The quantitative estimate of drug-likeness (QED) is 0.0649. The number of oxime groups is 1. The van der Waals surface area contributed by atoms with Crippen LogP contribution >= 0.6 is 0 Å². The van der Waals surface area contributed by atoms with Crippen LogP contribution in [0.4, 0.5) is 0 Å². The second kappa shape index (κ2) is 19.0. The number of likely N-dealkylation sites (tertiary alicyclic amines) is 2. The Morgan fingerprint density at radius 1 is 0.750 bits per heavy atom. The summed E-state index contributed by atoms with van der Waals surface area (Å²) in [5.74, 6) is -0.704. The van der Waals surface area contributed by atoms with Crippen molar-refractivity contribution in [2.45, 2.75) is 96.4 Å². The number of carboxylic acid groups (broad SMARTS) is 1. The Morgan fingerprint density at radius 3 is 1.63 bits per heavy atom. The first-order valence-electron chi connectivity index (χ1n) is 19.4. The second-order valence-corrected chi connectivity index (χ2v) is 15.7. The number of nitrogens with two attached hydrogens (primary N) is 1. The summed E-state index contributed by atoms with van der Waals surface area (Å²) in [5, 5.41) is 59.2. The highest BCUT2D eigenvalue weighted by Crippen LogP contribution is 2.32. The third-order valence-corrected chi connectivity index (χ3v) is 10.2. The Bertz CT molecular complexity index is 2230. The predicted molar refractivity (Wildman–Crippen MR) is 215 cm³/mol. The molecule has 0 bridgehead atoms. The smallest absolute Gasteiger partial charge is 0.335 e. The maximum Gasteiger partial charge on any atom is 0.335 e. The summed E-state index contributed by atoms with van der Waals surface area (Å²) in [7, 11) is 0. The summed E-state index contributed by atoms with van der Waals surface area (Å²) in [6.45, 7) is 10.6. The zero-order chi connectivity index (χ0) is 43.8. The number of nitrogens with zero attached hydrogens (tertiary/aromatic N) is 11. The van der Waals surface area contributed by atoms with Crippen molar-refractivity contribution in [1.82, 2.24) is 49.9 Å². The third kappa shape index (κ3) is 10.7. The van der Waals surface area contributed by atoms with Gasteiger partial charge in [0.2, 0.25) is 0 Å². The highest BCUT2D eigenvalue weighted by Gasteiger charge is 2.36. The van der Waals surface area contributed by atoms with Crippen molar-refractivity contribution < 1.29 is 39.4 Å². The molecule has 2 amide bonds. The molecule has 2 aliphatic rings. The average Bonchev–Trinajstić information content (AvgIpc) is 4.05. The zero-order valence-corrected chi connectivity index (χ0v) is 34.4. The number of para-hydroxylation sites is 2. The van der Waals surface area contributed by atoms with Crippen LogP contribution in [0.3, 0.4) is 0 Å². The van der Waals surface area contributed by atoms with Crippen molar-refractivity contribution in [3.63, 3.8) is 0 Å². The largest absolute Gasteiger partial charge is 0.479 e. The topological polar surface area (TPSA) is 277 Å². The highest BCUT2D eigenvalue weighted by molar-refractivity contribution is 5.99. The minimum absolute atomic E-state index is 0.0509. The molecule has 20 nitrogen and oxygen atoms in total. The van der Waals surface area contributed by atoms with E-state index < -0.39 is 17.2 Å². The lowest BCUT2D eigenvalue weighted by atomic mass is 9.92. The van der Waals surface area contributed by atoms with Crippen LogP contribution in [0, 0.1) is 5.92 Å². The fourth-order valence-electron chi connectivity index (χ4n) is 6.61. The van der Waals surface area contributed by atoms with Crippen molar-refractivity contribution in [3.05, 3.63) is 96.2 Å². The van der Waals surface area contributed by atoms with E-state index in [0.717, 1.165) is 25.7 Å². The normalized spacial score (nSPS) is 19.7. The molecule has 2 aliphatic heterocycles. The molecule has 2 saturated heterocycles. The van der Waals surface area contributed by atoms with Crippen LogP contribution in [0.1, 0.15) is 106 Å². The average molecular weight is 829 g/mol. The SMILES string of the molecule is CC(C)(O)C(=O)O.C[C@@H]1CC[C@@H](C(N)=NO)CN1C(=O)c1ccccc1-n1nccn1.C[C@@H]1CC[C@@H](c2noc(C(C)(C)O)n2)CN1C(=O)c1ccccc1-n1nccn1. The zero-order valence-electron chi connectivity index (χ0n) is 34.4. The Kier molecular flexibility index (Phi) is 14.1. The van der Waals surface area contributed by atoms with E-state index in [9.17, 15) is 19.5 Å². The van der Waals surface area contributed by atoms with Gasteiger partial charge in [-0.05, 0) is 91.5 Å². The van der Waals surface area contributed by atoms with E-state index in [-0.39, 0.29) is 47.5 Å². The van der Waals surface area contributed by atoms with Crippen LogP contribution in [-0.2, 0) is 10.4 Å². The summed E-state index contributed by atoms with van der Waals surface area (Å²) < 4.78 is 5.22. The van der Waals surface area contributed by atoms with Crippen LogP contribution in [0.2, 0.25) is 0 Å². The molecule has 3 aromatic heterocycles. The fraction of sp³-hybridized carbons (Fsp3) is 0.450. The number of benzene rings is 2. The van der Waals surface area contributed by atoms with E-state index in [0.29, 0.717) is 41.4 Å².